The Hall–Kier alpha value is -2.92. The van der Waals surface area contributed by atoms with Crippen LogP contribution in [0.15, 0.2) is 71.8 Å². The van der Waals surface area contributed by atoms with Gasteiger partial charge in [-0.2, -0.15) is 0 Å². The third-order valence-electron chi connectivity index (χ3n) is 5.31. The predicted octanol–water partition coefficient (Wildman–Crippen LogP) is 4.23. The summed E-state index contributed by atoms with van der Waals surface area (Å²) in [5.41, 5.74) is 2.61. The number of methoxy groups -OCH3 is 2. The number of ether oxygens (including phenoxy) is 2. The second-order valence-corrected chi connectivity index (χ2v) is 7.03. The summed E-state index contributed by atoms with van der Waals surface area (Å²) < 4.78 is 10.2. The summed E-state index contributed by atoms with van der Waals surface area (Å²) in [6.07, 6.45) is 1.94. The maximum absolute atomic E-state index is 12.9. The van der Waals surface area contributed by atoms with Crippen molar-refractivity contribution >= 4 is 11.9 Å². The molecule has 0 amide bonds. The third-order valence-corrected chi connectivity index (χ3v) is 5.31. The summed E-state index contributed by atoms with van der Waals surface area (Å²) in [6.45, 7) is 2.86. The number of hydrogen-bond donors (Lipinski definition) is 0. The minimum Gasteiger partial charge on any atom is -0.466 e. The Morgan fingerprint density at radius 2 is 1.21 bits per heavy atom. The van der Waals surface area contributed by atoms with E-state index in [0.29, 0.717) is 11.1 Å². The van der Waals surface area contributed by atoms with Gasteiger partial charge in [0, 0.05) is 6.54 Å². The quantitative estimate of drug-likeness (QED) is 0.659. The van der Waals surface area contributed by atoms with Crippen LogP contribution in [0.25, 0.3) is 0 Å². The maximum Gasteiger partial charge on any atom is 0.336 e. The van der Waals surface area contributed by atoms with Gasteiger partial charge in [-0.25, -0.2) is 9.59 Å². The number of unbranched alkanes of at least 4 members (excludes halogenated alkanes) is 1. The molecule has 5 heteroatoms. The van der Waals surface area contributed by atoms with E-state index in [1.807, 2.05) is 60.7 Å². The van der Waals surface area contributed by atoms with Gasteiger partial charge < -0.3 is 9.47 Å². The molecular weight excluding hydrogens is 366 g/mol. The second kappa shape index (κ2) is 9.52. The molecule has 1 heterocycles. The molecule has 0 aliphatic carbocycles. The molecule has 5 nitrogen and oxygen atoms in total. The minimum atomic E-state index is -0.501. The predicted molar refractivity (Wildman–Crippen MR) is 111 cm³/mol. The number of carbonyl (C=O) groups excluding carboxylic acids is 2. The highest BCUT2D eigenvalue weighted by atomic mass is 16.5. The molecule has 0 spiro atoms. The van der Waals surface area contributed by atoms with Crippen molar-refractivity contribution in [2.75, 3.05) is 20.8 Å². The Labute approximate surface area is 171 Å². The molecular formula is C24H27NO4. The lowest BCUT2D eigenvalue weighted by Gasteiger charge is -2.32. The van der Waals surface area contributed by atoms with Crippen molar-refractivity contribution in [3.8, 4) is 0 Å². The summed E-state index contributed by atoms with van der Waals surface area (Å²) in [7, 11) is 2.69. The van der Waals surface area contributed by atoms with Crippen molar-refractivity contribution < 1.29 is 19.1 Å². The summed E-state index contributed by atoms with van der Waals surface area (Å²) in [5.74, 6) is -1.00. The highest BCUT2D eigenvalue weighted by Crippen LogP contribution is 2.48. The van der Waals surface area contributed by atoms with Gasteiger partial charge in [-0.05, 0) is 17.5 Å². The van der Waals surface area contributed by atoms with Gasteiger partial charge in [0.15, 0.2) is 0 Å². The monoisotopic (exact) mass is 393 g/mol. The third kappa shape index (κ3) is 4.10. The number of hydrogen-bond acceptors (Lipinski definition) is 5. The van der Waals surface area contributed by atoms with Gasteiger partial charge in [-0.1, -0.05) is 74.0 Å². The summed E-state index contributed by atoms with van der Waals surface area (Å²) in [5, 5.41) is 0. The van der Waals surface area contributed by atoms with Crippen LogP contribution in [-0.2, 0) is 19.1 Å². The first kappa shape index (κ1) is 20.8. The fourth-order valence-corrected chi connectivity index (χ4v) is 4.02. The van der Waals surface area contributed by atoms with Crippen molar-refractivity contribution in [2.24, 2.45) is 0 Å². The molecule has 2 atom stereocenters. The van der Waals surface area contributed by atoms with Crippen molar-refractivity contribution in [3.63, 3.8) is 0 Å². The Morgan fingerprint density at radius 1 is 0.793 bits per heavy atom. The van der Waals surface area contributed by atoms with Gasteiger partial charge in [0.25, 0.3) is 0 Å². The van der Waals surface area contributed by atoms with Crippen molar-refractivity contribution in [3.05, 3.63) is 82.9 Å². The van der Waals surface area contributed by atoms with Gasteiger partial charge in [0.1, 0.15) is 0 Å². The van der Waals surface area contributed by atoms with Crippen LogP contribution in [0, 0.1) is 0 Å². The van der Waals surface area contributed by atoms with E-state index in [0.717, 1.165) is 30.5 Å². The van der Waals surface area contributed by atoms with Crippen LogP contribution in [0.2, 0.25) is 0 Å². The summed E-state index contributed by atoms with van der Waals surface area (Å²) in [6, 6.07) is 18.8. The first-order valence-corrected chi connectivity index (χ1v) is 9.90. The fraction of sp³-hybridized carbons (Fsp3) is 0.333. The first-order chi connectivity index (χ1) is 14.1. The van der Waals surface area contributed by atoms with Crippen molar-refractivity contribution in [1.29, 1.82) is 0 Å². The molecule has 0 saturated heterocycles. The fourth-order valence-electron chi connectivity index (χ4n) is 4.02. The molecule has 0 N–H and O–H groups in total. The average molecular weight is 393 g/mol. The highest BCUT2D eigenvalue weighted by molar-refractivity contribution is 6.03. The lowest BCUT2D eigenvalue weighted by Crippen LogP contribution is -2.31. The zero-order valence-corrected chi connectivity index (χ0v) is 17.1. The number of rotatable bonds is 7. The van der Waals surface area contributed by atoms with Crippen LogP contribution in [0.4, 0.5) is 0 Å². The zero-order chi connectivity index (χ0) is 20.8. The normalized spacial score (nSPS) is 19.3. The Bertz CT molecular complexity index is 807. The van der Waals surface area contributed by atoms with E-state index in [1.165, 1.54) is 14.2 Å². The van der Waals surface area contributed by atoms with Crippen molar-refractivity contribution in [1.82, 2.24) is 4.90 Å². The summed E-state index contributed by atoms with van der Waals surface area (Å²) >= 11 is 0. The molecule has 0 aromatic heterocycles. The molecule has 1 aliphatic heterocycles. The van der Waals surface area contributed by atoms with Crippen LogP contribution in [0.5, 0.6) is 0 Å². The lowest BCUT2D eigenvalue weighted by molar-refractivity contribution is -0.139. The molecule has 2 aromatic rings. The second-order valence-electron chi connectivity index (χ2n) is 7.03. The Morgan fingerprint density at radius 3 is 1.55 bits per heavy atom. The zero-order valence-electron chi connectivity index (χ0n) is 17.1. The van der Waals surface area contributed by atoms with Crippen molar-refractivity contribution in [2.45, 2.75) is 31.8 Å². The standard InChI is InChI=1S/C24H27NO4/c1-4-5-16-25-21(17-12-8-6-9-13-17)19(23(26)28-2)20(24(27)29-3)22(25)18-14-10-7-11-15-18/h6-15,21-22H,4-5,16H2,1-3H3/t21-,22-/m1/s1. The molecule has 0 bridgehead atoms. The molecule has 0 radical (unpaired) electrons. The smallest absolute Gasteiger partial charge is 0.336 e. The SMILES string of the molecule is CCCCN1[C@H](c2ccccc2)C(C(=O)OC)=C(C(=O)OC)[C@H]1c1ccccc1. The maximum atomic E-state index is 12.9. The Kier molecular flexibility index (Phi) is 6.83. The van der Waals surface area contributed by atoms with E-state index >= 15 is 0 Å². The van der Waals surface area contributed by atoms with E-state index in [9.17, 15) is 9.59 Å². The lowest BCUT2D eigenvalue weighted by atomic mass is 9.95. The van der Waals surface area contributed by atoms with E-state index in [-0.39, 0.29) is 12.1 Å². The van der Waals surface area contributed by atoms with Gasteiger partial charge >= 0.3 is 11.9 Å². The minimum absolute atomic E-state index is 0.357. The van der Waals surface area contributed by atoms with Crippen LogP contribution in [0.1, 0.15) is 43.0 Å². The van der Waals surface area contributed by atoms with Gasteiger partial charge in [0.05, 0.1) is 37.4 Å². The number of nitrogens with zero attached hydrogens (tertiary/aromatic N) is 1. The Balaban J connectivity index is 2.26. The molecule has 0 saturated carbocycles. The molecule has 29 heavy (non-hydrogen) atoms. The van der Waals surface area contributed by atoms with E-state index in [1.54, 1.807) is 0 Å². The highest BCUT2D eigenvalue weighted by Gasteiger charge is 2.47. The van der Waals surface area contributed by atoms with Gasteiger partial charge in [-0.3, -0.25) is 4.90 Å². The number of esters is 2. The summed E-state index contributed by atoms with van der Waals surface area (Å²) in [4.78, 5) is 28.0. The number of carbonyl (C=O) groups is 2. The topological polar surface area (TPSA) is 55.8 Å². The molecule has 1 aliphatic rings. The van der Waals surface area contributed by atoms with Crippen LogP contribution >= 0.6 is 0 Å². The van der Waals surface area contributed by atoms with Gasteiger partial charge in [-0.15, -0.1) is 0 Å². The van der Waals surface area contributed by atoms with E-state index in [2.05, 4.69) is 11.8 Å². The van der Waals surface area contributed by atoms with E-state index in [4.69, 9.17) is 9.47 Å². The van der Waals surface area contributed by atoms with Crippen LogP contribution in [0.3, 0.4) is 0 Å². The molecule has 0 unspecified atom stereocenters. The van der Waals surface area contributed by atoms with Crippen LogP contribution < -0.4 is 0 Å². The molecule has 0 fully saturated rings. The average Bonchev–Trinajstić information content (AvgIpc) is 3.12. The molecule has 152 valence electrons. The molecule has 2 aromatic carbocycles. The van der Waals surface area contributed by atoms with E-state index < -0.39 is 11.9 Å². The van der Waals surface area contributed by atoms with Crippen LogP contribution in [-0.4, -0.2) is 37.6 Å². The van der Waals surface area contributed by atoms with Gasteiger partial charge in [0.2, 0.25) is 0 Å². The first-order valence-electron chi connectivity index (χ1n) is 9.90. The molecule has 3 rings (SSSR count). The largest absolute Gasteiger partial charge is 0.466 e. The number of benzene rings is 2.